The van der Waals surface area contributed by atoms with Crippen LogP contribution in [0.15, 0.2) is 22.7 Å². The molecule has 0 saturated carbocycles. The van der Waals surface area contributed by atoms with Gasteiger partial charge in [0.1, 0.15) is 10.8 Å². The molecule has 0 atom stereocenters. The van der Waals surface area contributed by atoms with E-state index < -0.39 is 12.0 Å². The van der Waals surface area contributed by atoms with Crippen molar-refractivity contribution in [3.63, 3.8) is 0 Å². The second kappa shape index (κ2) is 5.51. The molecule has 2 heterocycles. The molecule has 3 aromatic rings. The summed E-state index contributed by atoms with van der Waals surface area (Å²) in [4.78, 5) is 0.0901. The quantitative estimate of drug-likeness (QED) is 0.674. The van der Waals surface area contributed by atoms with Gasteiger partial charge in [-0.3, -0.25) is 0 Å². The molecule has 1 aromatic carbocycles. The predicted octanol–water partition coefficient (Wildman–Crippen LogP) is 4.03. The molecule has 0 bridgehead atoms. The van der Waals surface area contributed by atoms with Crippen LogP contribution in [0.5, 0.6) is 5.75 Å². The summed E-state index contributed by atoms with van der Waals surface area (Å²) in [6.07, 6.45) is -4.59. The lowest BCUT2D eigenvalue weighted by molar-refractivity contribution is -0.146. The number of hydrogen-bond donors (Lipinski definition) is 0. The number of fused-ring (bicyclic) bond motifs is 1. The molecule has 0 radical (unpaired) electrons. The molecule has 5 nitrogen and oxygen atoms in total. The number of hydrogen-bond acceptors (Lipinski definition) is 5. The summed E-state index contributed by atoms with van der Waals surface area (Å²) in [5.74, 6) is -0.472. The van der Waals surface area contributed by atoms with Gasteiger partial charge >= 0.3 is 6.18 Å². The molecule has 10 heteroatoms. The van der Waals surface area contributed by atoms with Crippen LogP contribution in [0.25, 0.3) is 15.5 Å². The number of halogens is 4. The molecule has 3 rings (SSSR count). The maximum Gasteiger partial charge on any atom is 0.453 e. The molecule has 0 saturated heterocycles. The first kappa shape index (κ1) is 15.2. The average molecular weight is 393 g/mol. The van der Waals surface area contributed by atoms with Gasteiger partial charge in [0, 0.05) is 5.56 Å². The predicted molar refractivity (Wildman–Crippen MR) is 78.0 cm³/mol. The zero-order valence-electron chi connectivity index (χ0n) is 11.1. The number of aromatic nitrogens is 4. The summed E-state index contributed by atoms with van der Waals surface area (Å²) in [5, 5.41) is 11.0. The molecule has 0 aliphatic heterocycles. The monoisotopic (exact) mass is 392 g/mol. The zero-order valence-corrected chi connectivity index (χ0v) is 13.5. The lowest BCUT2D eigenvalue weighted by Crippen LogP contribution is -2.11. The second-order valence-electron chi connectivity index (χ2n) is 4.20. The van der Waals surface area contributed by atoms with Crippen LogP contribution in [0, 0.1) is 0 Å². The van der Waals surface area contributed by atoms with Gasteiger partial charge in [0.25, 0.3) is 5.82 Å². The number of benzene rings is 1. The lowest BCUT2D eigenvalue weighted by atomic mass is 10.2. The second-order valence-corrected chi connectivity index (χ2v) is 6.01. The van der Waals surface area contributed by atoms with E-state index in [0.717, 1.165) is 11.3 Å². The maximum absolute atomic E-state index is 12.8. The smallest absolute Gasteiger partial charge is 0.453 e. The Bertz CT molecular complexity index is 829. The van der Waals surface area contributed by atoms with E-state index in [4.69, 9.17) is 4.74 Å². The fraction of sp³-hybridized carbons (Fsp3) is 0.250. The fourth-order valence-corrected chi connectivity index (χ4v) is 3.15. The highest BCUT2D eigenvalue weighted by Crippen LogP contribution is 2.34. The largest absolute Gasteiger partial charge is 0.493 e. The van der Waals surface area contributed by atoms with Crippen molar-refractivity contribution in [1.82, 2.24) is 19.8 Å². The number of ether oxygens (including phenoxy) is 1. The van der Waals surface area contributed by atoms with Gasteiger partial charge in [-0.2, -0.15) is 22.8 Å². The van der Waals surface area contributed by atoms with Gasteiger partial charge in [-0.1, -0.05) is 11.3 Å². The lowest BCUT2D eigenvalue weighted by Gasteiger charge is -2.06. The van der Waals surface area contributed by atoms with Crippen LogP contribution in [-0.4, -0.2) is 26.4 Å². The molecular weight excluding hydrogens is 385 g/mol. The normalized spacial score (nSPS) is 12.0. The summed E-state index contributed by atoms with van der Waals surface area (Å²) < 4.78 is 45.2. The first-order chi connectivity index (χ1) is 10.4. The van der Waals surface area contributed by atoms with Gasteiger partial charge in [0.05, 0.1) is 11.1 Å². The van der Waals surface area contributed by atoms with E-state index in [1.54, 1.807) is 18.2 Å². The molecule has 22 heavy (non-hydrogen) atoms. The summed E-state index contributed by atoms with van der Waals surface area (Å²) in [5.41, 5.74) is 0.666. The highest BCUT2D eigenvalue weighted by Gasteiger charge is 2.38. The van der Waals surface area contributed by atoms with Crippen LogP contribution < -0.4 is 4.74 Å². The fourth-order valence-electron chi connectivity index (χ4n) is 1.82. The Balaban J connectivity index is 2.04. The van der Waals surface area contributed by atoms with E-state index in [-0.39, 0.29) is 4.96 Å². The molecule has 116 valence electrons. The highest BCUT2D eigenvalue weighted by molar-refractivity contribution is 9.10. The molecule has 0 spiro atoms. The maximum atomic E-state index is 12.8. The topological polar surface area (TPSA) is 52.3 Å². The Morgan fingerprint density at radius 2 is 2.09 bits per heavy atom. The molecule has 0 aliphatic rings. The minimum absolute atomic E-state index is 0.0901. The van der Waals surface area contributed by atoms with Crippen LogP contribution in [0.1, 0.15) is 12.7 Å². The van der Waals surface area contributed by atoms with E-state index in [1.807, 2.05) is 6.92 Å². The third kappa shape index (κ3) is 2.68. The van der Waals surface area contributed by atoms with Gasteiger partial charge in [0.15, 0.2) is 0 Å². The standard InChI is InChI=1S/C12H8BrF3N4OS/c1-2-21-8-4-3-6(5-7(8)13)9-19-20-10(12(14,15)16)17-18-11(20)22-9/h3-5H,2H2,1H3. The Hall–Kier alpha value is -1.68. The SMILES string of the molecule is CCOc1ccc(-c2nn3c(C(F)(F)F)nnc3s2)cc1Br. The van der Waals surface area contributed by atoms with Crippen molar-refractivity contribution in [2.75, 3.05) is 6.61 Å². The molecule has 0 aliphatic carbocycles. The minimum atomic E-state index is -4.59. The van der Waals surface area contributed by atoms with Crippen LogP contribution >= 0.6 is 27.3 Å². The van der Waals surface area contributed by atoms with Crippen LogP contribution in [0.4, 0.5) is 13.2 Å². The van der Waals surface area contributed by atoms with Crippen LogP contribution in [-0.2, 0) is 6.18 Å². The minimum Gasteiger partial charge on any atom is -0.493 e. The Morgan fingerprint density at radius 3 is 2.73 bits per heavy atom. The van der Waals surface area contributed by atoms with Crippen molar-refractivity contribution in [3.8, 4) is 16.3 Å². The van der Waals surface area contributed by atoms with Crippen LogP contribution in [0.2, 0.25) is 0 Å². The van der Waals surface area contributed by atoms with E-state index in [9.17, 15) is 13.2 Å². The summed E-state index contributed by atoms with van der Waals surface area (Å²) in [6, 6.07) is 5.20. The van der Waals surface area contributed by atoms with Gasteiger partial charge < -0.3 is 4.74 Å². The molecule has 0 fully saturated rings. The molecule has 0 unspecified atom stereocenters. The summed E-state index contributed by atoms with van der Waals surface area (Å²) >= 11 is 4.40. The van der Waals surface area contributed by atoms with E-state index in [2.05, 4.69) is 31.2 Å². The van der Waals surface area contributed by atoms with Gasteiger partial charge in [-0.25, -0.2) is 0 Å². The molecular formula is C12H8BrF3N4OS. The Morgan fingerprint density at radius 1 is 1.32 bits per heavy atom. The zero-order chi connectivity index (χ0) is 15.9. The van der Waals surface area contributed by atoms with Crippen molar-refractivity contribution in [1.29, 1.82) is 0 Å². The van der Waals surface area contributed by atoms with E-state index >= 15 is 0 Å². The van der Waals surface area contributed by atoms with Crippen molar-refractivity contribution in [3.05, 3.63) is 28.5 Å². The highest BCUT2D eigenvalue weighted by atomic mass is 79.9. The first-order valence-electron chi connectivity index (χ1n) is 6.12. The van der Waals surface area contributed by atoms with Crippen molar-refractivity contribution in [2.45, 2.75) is 13.1 Å². The van der Waals surface area contributed by atoms with Crippen molar-refractivity contribution >= 4 is 32.2 Å². The third-order valence-electron chi connectivity index (χ3n) is 2.72. The van der Waals surface area contributed by atoms with E-state index in [1.165, 1.54) is 0 Å². The summed E-state index contributed by atoms with van der Waals surface area (Å²) in [7, 11) is 0. The molecule has 0 amide bonds. The first-order valence-corrected chi connectivity index (χ1v) is 7.73. The number of alkyl halides is 3. The van der Waals surface area contributed by atoms with Crippen LogP contribution in [0.3, 0.4) is 0 Å². The van der Waals surface area contributed by atoms with E-state index in [0.29, 0.717) is 31.9 Å². The average Bonchev–Trinajstić information content (AvgIpc) is 2.99. The molecule has 0 N–H and O–H groups in total. The Labute approximate surface area is 134 Å². The Kier molecular flexibility index (Phi) is 3.81. The number of rotatable bonds is 3. The summed E-state index contributed by atoms with van der Waals surface area (Å²) in [6.45, 7) is 2.38. The third-order valence-corrected chi connectivity index (χ3v) is 4.29. The van der Waals surface area contributed by atoms with Gasteiger partial charge in [0.2, 0.25) is 4.96 Å². The van der Waals surface area contributed by atoms with Crippen molar-refractivity contribution < 1.29 is 17.9 Å². The van der Waals surface area contributed by atoms with Gasteiger partial charge in [-0.15, -0.1) is 10.2 Å². The number of nitrogens with zero attached hydrogens (tertiary/aromatic N) is 4. The van der Waals surface area contributed by atoms with Gasteiger partial charge in [-0.05, 0) is 41.1 Å². The molecule has 2 aromatic heterocycles. The van der Waals surface area contributed by atoms with Crippen molar-refractivity contribution in [2.24, 2.45) is 0 Å².